The van der Waals surface area contributed by atoms with Crippen molar-refractivity contribution in [2.24, 2.45) is 0 Å². The molecule has 1 heterocycles. The number of carbonyl (C=O) groups excluding carboxylic acids is 1. The Hall–Kier alpha value is -1.79. The van der Waals surface area contributed by atoms with Crippen LogP contribution in [-0.2, 0) is 4.74 Å². The highest BCUT2D eigenvalue weighted by molar-refractivity contribution is 6.36. The van der Waals surface area contributed by atoms with Gasteiger partial charge in [0.1, 0.15) is 11.6 Å². The second-order valence-corrected chi connectivity index (χ2v) is 6.79. The van der Waals surface area contributed by atoms with Gasteiger partial charge in [0.25, 0.3) is 0 Å². The molecule has 0 spiro atoms. The lowest BCUT2D eigenvalue weighted by atomic mass is 10.2. The van der Waals surface area contributed by atoms with Crippen LogP contribution in [0.2, 0.25) is 10.0 Å². The lowest BCUT2D eigenvalue weighted by Crippen LogP contribution is -2.34. The van der Waals surface area contributed by atoms with Gasteiger partial charge in [0.2, 0.25) is 11.7 Å². The highest BCUT2D eigenvalue weighted by atomic mass is 35.5. The molecule has 23 heavy (non-hydrogen) atoms. The van der Waals surface area contributed by atoms with Crippen molar-refractivity contribution in [1.29, 1.82) is 0 Å². The molecule has 0 saturated heterocycles. The number of halogens is 2. The molecule has 0 aliphatic carbocycles. The van der Waals surface area contributed by atoms with Crippen LogP contribution in [0, 0.1) is 0 Å². The van der Waals surface area contributed by atoms with Crippen molar-refractivity contribution in [2.75, 3.05) is 0 Å². The SMILES string of the molecule is CC(NC(=O)OC(C)(C)C)c1nc(-c2ccc(Cl)cc2Cl)no1. The minimum Gasteiger partial charge on any atom is -0.444 e. The van der Waals surface area contributed by atoms with Gasteiger partial charge in [-0.1, -0.05) is 28.4 Å². The maximum atomic E-state index is 11.8. The van der Waals surface area contributed by atoms with E-state index in [9.17, 15) is 4.79 Å². The number of nitrogens with zero attached hydrogens (tertiary/aromatic N) is 2. The largest absolute Gasteiger partial charge is 0.444 e. The van der Waals surface area contributed by atoms with Crippen LogP contribution >= 0.6 is 23.2 Å². The molecule has 0 bridgehead atoms. The molecule has 0 fully saturated rings. The van der Waals surface area contributed by atoms with E-state index in [2.05, 4.69) is 15.5 Å². The number of benzene rings is 1. The van der Waals surface area contributed by atoms with Gasteiger partial charge in [-0.15, -0.1) is 0 Å². The second-order valence-electron chi connectivity index (χ2n) is 5.95. The normalized spacial score (nSPS) is 12.8. The molecule has 2 rings (SSSR count). The number of amides is 1. The molecule has 6 nitrogen and oxygen atoms in total. The molecule has 1 N–H and O–H groups in total. The number of hydrogen-bond acceptors (Lipinski definition) is 5. The Kier molecular flexibility index (Phi) is 5.16. The van der Waals surface area contributed by atoms with Crippen LogP contribution in [0.1, 0.15) is 39.6 Å². The summed E-state index contributed by atoms with van der Waals surface area (Å²) < 4.78 is 10.4. The van der Waals surface area contributed by atoms with Gasteiger partial charge >= 0.3 is 6.09 Å². The molecule has 0 radical (unpaired) electrons. The summed E-state index contributed by atoms with van der Waals surface area (Å²) in [5, 5.41) is 7.43. The predicted octanol–water partition coefficient (Wildman–Crippen LogP) is 4.63. The molecular formula is C15H17Cl2N3O3. The molecule has 1 aromatic heterocycles. The fraction of sp³-hybridized carbons (Fsp3) is 0.400. The minimum absolute atomic E-state index is 0.247. The molecule has 0 saturated carbocycles. The van der Waals surface area contributed by atoms with Crippen LogP contribution < -0.4 is 5.32 Å². The number of carbonyl (C=O) groups is 1. The van der Waals surface area contributed by atoms with Crippen molar-refractivity contribution in [3.05, 3.63) is 34.1 Å². The number of alkyl carbamates (subject to hydrolysis) is 1. The summed E-state index contributed by atoms with van der Waals surface area (Å²) in [6, 6.07) is 4.47. The van der Waals surface area contributed by atoms with Gasteiger partial charge in [-0.2, -0.15) is 4.98 Å². The highest BCUT2D eigenvalue weighted by Gasteiger charge is 2.22. The van der Waals surface area contributed by atoms with E-state index < -0.39 is 17.7 Å². The third-order valence-corrected chi connectivity index (χ3v) is 3.27. The molecule has 124 valence electrons. The molecule has 1 unspecified atom stereocenters. The van der Waals surface area contributed by atoms with Crippen LogP contribution in [0.3, 0.4) is 0 Å². The zero-order valence-electron chi connectivity index (χ0n) is 13.2. The fourth-order valence-corrected chi connectivity index (χ4v) is 2.23. The van der Waals surface area contributed by atoms with Crippen LogP contribution in [0.15, 0.2) is 22.7 Å². The maximum absolute atomic E-state index is 11.8. The molecular weight excluding hydrogens is 341 g/mol. The topological polar surface area (TPSA) is 77.2 Å². The van der Waals surface area contributed by atoms with Crippen molar-refractivity contribution in [1.82, 2.24) is 15.5 Å². The van der Waals surface area contributed by atoms with Gasteiger partial charge in [-0.3, -0.25) is 0 Å². The second kappa shape index (κ2) is 6.76. The first kappa shape index (κ1) is 17.6. The molecule has 0 aliphatic rings. The van der Waals surface area contributed by atoms with Crippen LogP contribution in [0.4, 0.5) is 4.79 Å². The minimum atomic E-state index is -0.583. The average Bonchev–Trinajstić information content (AvgIpc) is 2.85. The third-order valence-electron chi connectivity index (χ3n) is 2.72. The van der Waals surface area contributed by atoms with E-state index in [0.717, 1.165) is 0 Å². The first-order chi connectivity index (χ1) is 10.7. The van der Waals surface area contributed by atoms with Crippen molar-refractivity contribution in [3.8, 4) is 11.4 Å². The molecule has 0 aliphatic heterocycles. The van der Waals surface area contributed by atoms with Gasteiger partial charge in [-0.05, 0) is 45.9 Å². The number of hydrogen-bond donors (Lipinski definition) is 1. The summed E-state index contributed by atoms with van der Waals surface area (Å²) in [6.07, 6.45) is -0.561. The Morgan fingerprint density at radius 2 is 2.04 bits per heavy atom. The molecule has 8 heteroatoms. The summed E-state index contributed by atoms with van der Waals surface area (Å²) in [5.74, 6) is 0.566. The standard InChI is InChI=1S/C15H17Cl2N3O3/c1-8(18-14(21)22-15(2,3)4)13-19-12(20-23-13)10-6-5-9(16)7-11(10)17/h5-8H,1-4H3,(H,18,21). The lowest BCUT2D eigenvalue weighted by Gasteiger charge is -2.20. The molecule has 1 amide bonds. The smallest absolute Gasteiger partial charge is 0.408 e. The van der Waals surface area contributed by atoms with Gasteiger partial charge < -0.3 is 14.6 Å². The summed E-state index contributed by atoms with van der Waals surface area (Å²) in [4.78, 5) is 16.0. The summed E-state index contributed by atoms with van der Waals surface area (Å²) in [7, 11) is 0. The summed E-state index contributed by atoms with van der Waals surface area (Å²) in [6.45, 7) is 7.06. The first-order valence-corrected chi connectivity index (χ1v) is 7.70. The van der Waals surface area contributed by atoms with Crippen molar-refractivity contribution >= 4 is 29.3 Å². The van der Waals surface area contributed by atoms with E-state index in [1.165, 1.54) is 0 Å². The Balaban J connectivity index is 2.11. The molecule has 1 atom stereocenters. The van der Waals surface area contributed by atoms with E-state index in [-0.39, 0.29) is 5.89 Å². The van der Waals surface area contributed by atoms with Gasteiger partial charge in [-0.25, -0.2) is 4.79 Å². The number of nitrogens with one attached hydrogen (secondary N) is 1. The van der Waals surface area contributed by atoms with E-state index in [1.54, 1.807) is 45.9 Å². The van der Waals surface area contributed by atoms with Crippen LogP contribution in [0.25, 0.3) is 11.4 Å². The van der Waals surface area contributed by atoms with E-state index >= 15 is 0 Å². The Morgan fingerprint density at radius 1 is 1.35 bits per heavy atom. The number of rotatable bonds is 3. The van der Waals surface area contributed by atoms with Gasteiger partial charge in [0.15, 0.2) is 0 Å². The van der Waals surface area contributed by atoms with E-state index in [0.29, 0.717) is 21.4 Å². The van der Waals surface area contributed by atoms with Gasteiger partial charge in [0.05, 0.1) is 5.02 Å². The zero-order valence-corrected chi connectivity index (χ0v) is 14.7. The van der Waals surface area contributed by atoms with Crippen LogP contribution in [-0.4, -0.2) is 21.8 Å². The van der Waals surface area contributed by atoms with Crippen molar-refractivity contribution in [2.45, 2.75) is 39.3 Å². The fourth-order valence-electron chi connectivity index (χ4n) is 1.74. The van der Waals surface area contributed by atoms with E-state index in [4.69, 9.17) is 32.5 Å². The lowest BCUT2D eigenvalue weighted by molar-refractivity contribution is 0.0499. The quantitative estimate of drug-likeness (QED) is 0.866. The van der Waals surface area contributed by atoms with Crippen LogP contribution in [0.5, 0.6) is 0 Å². The summed E-state index contributed by atoms with van der Waals surface area (Å²) >= 11 is 12.0. The molecule has 1 aromatic carbocycles. The Morgan fingerprint density at radius 3 is 2.65 bits per heavy atom. The Labute approximate surface area is 144 Å². The third kappa shape index (κ3) is 4.84. The first-order valence-electron chi connectivity index (χ1n) is 6.94. The zero-order chi connectivity index (χ0) is 17.2. The number of ether oxygens (including phenoxy) is 1. The number of aromatic nitrogens is 2. The van der Waals surface area contributed by atoms with E-state index in [1.807, 2.05) is 0 Å². The maximum Gasteiger partial charge on any atom is 0.408 e. The van der Waals surface area contributed by atoms with Crippen molar-refractivity contribution < 1.29 is 14.1 Å². The predicted molar refractivity (Wildman–Crippen MR) is 87.5 cm³/mol. The molecule has 2 aromatic rings. The summed E-state index contributed by atoms with van der Waals surface area (Å²) in [5.41, 5.74) is 0.0104. The average molecular weight is 358 g/mol. The monoisotopic (exact) mass is 357 g/mol. The van der Waals surface area contributed by atoms with Crippen molar-refractivity contribution in [3.63, 3.8) is 0 Å². The highest BCUT2D eigenvalue weighted by Crippen LogP contribution is 2.29. The Bertz CT molecular complexity index is 710. The van der Waals surface area contributed by atoms with Gasteiger partial charge in [0, 0.05) is 10.6 Å².